The molecule has 124 valence electrons. The minimum atomic E-state index is 0.0224. The summed E-state index contributed by atoms with van der Waals surface area (Å²) in [6, 6.07) is 15.2. The molecule has 0 aliphatic heterocycles. The Morgan fingerprint density at radius 1 is 1.04 bits per heavy atom. The Bertz CT molecular complexity index is 589. The molecule has 5 heteroatoms. The molecule has 0 amide bonds. The summed E-state index contributed by atoms with van der Waals surface area (Å²) in [5.41, 5.74) is 0.992. The highest BCUT2D eigenvalue weighted by Crippen LogP contribution is 2.19. The highest BCUT2D eigenvalue weighted by molar-refractivity contribution is 6.30. The molecule has 0 radical (unpaired) electrons. The van der Waals surface area contributed by atoms with E-state index in [9.17, 15) is 0 Å². The van der Waals surface area contributed by atoms with Crippen molar-refractivity contribution < 1.29 is 14.2 Å². The molecule has 1 unspecified atom stereocenters. The van der Waals surface area contributed by atoms with Gasteiger partial charge in [-0.3, -0.25) is 0 Å². The lowest BCUT2D eigenvalue weighted by Gasteiger charge is -2.16. The van der Waals surface area contributed by atoms with E-state index in [4.69, 9.17) is 25.8 Å². The molecule has 0 aliphatic rings. The minimum absolute atomic E-state index is 0.0224. The van der Waals surface area contributed by atoms with Gasteiger partial charge in [-0.15, -0.1) is 0 Å². The summed E-state index contributed by atoms with van der Waals surface area (Å²) in [6.45, 7) is 3.81. The van der Waals surface area contributed by atoms with Gasteiger partial charge in [0, 0.05) is 23.9 Å². The summed E-state index contributed by atoms with van der Waals surface area (Å²) >= 11 is 5.86. The molecule has 4 nitrogen and oxygen atoms in total. The number of benzene rings is 2. The van der Waals surface area contributed by atoms with Crippen molar-refractivity contribution in [2.75, 3.05) is 32.2 Å². The van der Waals surface area contributed by atoms with Crippen LogP contribution in [0.1, 0.15) is 6.92 Å². The smallest absolute Gasteiger partial charge is 0.121 e. The summed E-state index contributed by atoms with van der Waals surface area (Å²) in [6.07, 6.45) is 0.0224. The summed E-state index contributed by atoms with van der Waals surface area (Å²) in [4.78, 5) is 0. The third-order valence-electron chi connectivity index (χ3n) is 3.13. The lowest BCUT2D eigenvalue weighted by molar-refractivity contribution is 0.146. The van der Waals surface area contributed by atoms with Gasteiger partial charge in [-0.1, -0.05) is 17.7 Å². The van der Waals surface area contributed by atoms with Crippen LogP contribution >= 0.6 is 11.6 Å². The SMILES string of the molecule is COCCOc1cccc(NCC(C)Oc2ccc(Cl)cc2)c1. The average molecular weight is 336 g/mol. The maximum absolute atomic E-state index is 5.86. The van der Waals surface area contributed by atoms with Gasteiger partial charge in [0.05, 0.1) is 13.2 Å². The average Bonchev–Trinajstić information content (AvgIpc) is 2.56. The number of nitrogens with one attached hydrogen (secondary N) is 1. The summed E-state index contributed by atoms with van der Waals surface area (Å²) in [5, 5.41) is 4.05. The molecule has 1 N–H and O–H groups in total. The van der Waals surface area contributed by atoms with Crippen molar-refractivity contribution >= 4 is 17.3 Å². The Kier molecular flexibility index (Phi) is 7.04. The van der Waals surface area contributed by atoms with Gasteiger partial charge in [0.1, 0.15) is 24.2 Å². The van der Waals surface area contributed by atoms with Crippen molar-refractivity contribution in [2.45, 2.75) is 13.0 Å². The fourth-order valence-corrected chi connectivity index (χ4v) is 2.11. The molecule has 0 heterocycles. The molecule has 2 rings (SSSR count). The third-order valence-corrected chi connectivity index (χ3v) is 3.39. The van der Waals surface area contributed by atoms with Gasteiger partial charge >= 0.3 is 0 Å². The molecule has 0 aromatic heterocycles. The van der Waals surface area contributed by atoms with Crippen LogP contribution in [-0.2, 0) is 4.74 Å². The van der Waals surface area contributed by atoms with Gasteiger partial charge in [-0.2, -0.15) is 0 Å². The van der Waals surface area contributed by atoms with Crippen LogP contribution in [0, 0.1) is 0 Å². The molecule has 0 fully saturated rings. The van der Waals surface area contributed by atoms with E-state index in [0.717, 1.165) is 17.2 Å². The molecular formula is C18H22ClNO3. The topological polar surface area (TPSA) is 39.7 Å². The van der Waals surface area contributed by atoms with Crippen LogP contribution in [0.2, 0.25) is 5.02 Å². The van der Waals surface area contributed by atoms with Crippen LogP contribution in [0.5, 0.6) is 11.5 Å². The number of rotatable bonds is 9. The van der Waals surface area contributed by atoms with Crippen LogP contribution in [0.25, 0.3) is 0 Å². The minimum Gasteiger partial charge on any atom is -0.491 e. The van der Waals surface area contributed by atoms with Gasteiger partial charge in [0.2, 0.25) is 0 Å². The molecule has 1 atom stereocenters. The number of anilines is 1. The van der Waals surface area contributed by atoms with E-state index < -0.39 is 0 Å². The van der Waals surface area contributed by atoms with Gasteiger partial charge in [0.25, 0.3) is 0 Å². The van der Waals surface area contributed by atoms with E-state index in [1.54, 1.807) is 7.11 Å². The summed E-state index contributed by atoms with van der Waals surface area (Å²) in [5.74, 6) is 1.62. The summed E-state index contributed by atoms with van der Waals surface area (Å²) in [7, 11) is 1.66. The highest BCUT2D eigenvalue weighted by Gasteiger charge is 2.05. The normalized spacial score (nSPS) is 11.8. The van der Waals surface area contributed by atoms with Crippen LogP contribution < -0.4 is 14.8 Å². The zero-order valence-electron chi connectivity index (χ0n) is 13.4. The monoisotopic (exact) mass is 335 g/mol. The maximum Gasteiger partial charge on any atom is 0.121 e. The fourth-order valence-electron chi connectivity index (χ4n) is 1.99. The van der Waals surface area contributed by atoms with Crippen molar-refractivity contribution in [1.82, 2.24) is 0 Å². The number of hydrogen-bond donors (Lipinski definition) is 1. The van der Waals surface area contributed by atoms with E-state index in [0.29, 0.717) is 24.8 Å². The second kappa shape index (κ2) is 9.28. The molecule has 0 saturated carbocycles. The first-order valence-corrected chi connectivity index (χ1v) is 7.93. The van der Waals surface area contributed by atoms with E-state index in [1.807, 2.05) is 55.5 Å². The lowest BCUT2D eigenvalue weighted by atomic mass is 10.3. The molecule has 0 spiro atoms. The first kappa shape index (κ1) is 17.4. The third kappa shape index (κ3) is 6.38. The molecule has 0 saturated heterocycles. The molecule has 0 bridgehead atoms. The second-order valence-corrected chi connectivity index (χ2v) is 5.57. The Labute approximate surface area is 142 Å². The van der Waals surface area contributed by atoms with Crippen molar-refractivity contribution in [3.63, 3.8) is 0 Å². The Morgan fingerprint density at radius 2 is 1.83 bits per heavy atom. The van der Waals surface area contributed by atoms with Crippen molar-refractivity contribution in [1.29, 1.82) is 0 Å². The molecular weight excluding hydrogens is 314 g/mol. The molecule has 2 aromatic carbocycles. The molecule has 23 heavy (non-hydrogen) atoms. The quantitative estimate of drug-likeness (QED) is 0.696. The second-order valence-electron chi connectivity index (χ2n) is 5.13. The Balaban J connectivity index is 1.80. The number of methoxy groups -OCH3 is 1. The van der Waals surface area contributed by atoms with Gasteiger partial charge in [-0.25, -0.2) is 0 Å². The first-order valence-electron chi connectivity index (χ1n) is 7.55. The van der Waals surface area contributed by atoms with Crippen LogP contribution in [0.3, 0.4) is 0 Å². The number of halogens is 1. The van der Waals surface area contributed by atoms with Crippen molar-refractivity contribution in [3.8, 4) is 11.5 Å². The van der Waals surface area contributed by atoms with Crippen LogP contribution in [-0.4, -0.2) is 33.0 Å². The highest BCUT2D eigenvalue weighted by atomic mass is 35.5. The Hall–Kier alpha value is -1.91. The standard InChI is InChI=1S/C18H22ClNO3/c1-14(23-17-8-6-15(19)7-9-17)13-20-16-4-3-5-18(12-16)22-11-10-21-2/h3-9,12,14,20H,10-11,13H2,1-2H3. The zero-order chi connectivity index (χ0) is 16.5. The predicted octanol–water partition coefficient (Wildman–Crippen LogP) is 4.24. The van der Waals surface area contributed by atoms with E-state index >= 15 is 0 Å². The maximum atomic E-state index is 5.86. The fraction of sp³-hybridized carbons (Fsp3) is 0.333. The number of hydrogen-bond acceptors (Lipinski definition) is 4. The Morgan fingerprint density at radius 3 is 2.57 bits per heavy atom. The first-order chi connectivity index (χ1) is 11.2. The van der Waals surface area contributed by atoms with E-state index in [1.165, 1.54) is 0 Å². The van der Waals surface area contributed by atoms with Gasteiger partial charge in [0.15, 0.2) is 0 Å². The molecule has 0 aliphatic carbocycles. The van der Waals surface area contributed by atoms with Gasteiger partial charge < -0.3 is 19.5 Å². The lowest BCUT2D eigenvalue weighted by Crippen LogP contribution is -2.22. The summed E-state index contributed by atoms with van der Waals surface area (Å²) < 4.78 is 16.4. The van der Waals surface area contributed by atoms with Crippen molar-refractivity contribution in [2.24, 2.45) is 0 Å². The molecule has 2 aromatic rings. The largest absolute Gasteiger partial charge is 0.491 e. The van der Waals surface area contributed by atoms with Crippen molar-refractivity contribution in [3.05, 3.63) is 53.6 Å². The van der Waals surface area contributed by atoms with Gasteiger partial charge in [-0.05, 0) is 43.3 Å². The zero-order valence-corrected chi connectivity index (χ0v) is 14.2. The van der Waals surface area contributed by atoms with E-state index in [-0.39, 0.29) is 6.10 Å². The van der Waals surface area contributed by atoms with Crippen LogP contribution in [0.15, 0.2) is 48.5 Å². The number of ether oxygens (including phenoxy) is 3. The van der Waals surface area contributed by atoms with E-state index in [2.05, 4.69) is 5.32 Å². The van der Waals surface area contributed by atoms with Crippen LogP contribution in [0.4, 0.5) is 5.69 Å². The predicted molar refractivity (Wildman–Crippen MR) is 93.8 cm³/mol.